The van der Waals surface area contributed by atoms with Crippen molar-refractivity contribution in [3.8, 4) is 0 Å². The van der Waals surface area contributed by atoms with E-state index in [1.807, 2.05) is 0 Å². The van der Waals surface area contributed by atoms with E-state index in [-0.39, 0.29) is 18.3 Å². The van der Waals surface area contributed by atoms with Crippen molar-refractivity contribution in [2.75, 3.05) is 6.54 Å². The average Bonchev–Trinajstić information content (AvgIpc) is 2.91. The van der Waals surface area contributed by atoms with Crippen molar-refractivity contribution < 1.29 is 18.7 Å². The van der Waals surface area contributed by atoms with Crippen molar-refractivity contribution in [2.45, 2.75) is 51.8 Å². The number of likely N-dealkylation sites (tertiary alicyclic amines) is 1. The second kappa shape index (κ2) is 7.51. The highest BCUT2D eigenvalue weighted by molar-refractivity contribution is 9.10. The highest BCUT2D eigenvalue weighted by Crippen LogP contribution is 2.21. The Kier molecular flexibility index (Phi) is 5.85. The highest BCUT2D eigenvalue weighted by atomic mass is 79.9. The van der Waals surface area contributed by atoms with Crippen molar-refractivity contribution in [2.24, 2.45) is 0 Å². The molecule has 7 heteroatoms. The number of benzene rings is 1. The van der Waals surface area contributed by atoms with Gasteiger partial charge in [-0.2, -0.15) is 0 Å². The monoisotopic (exact) mass is 400 g/mol. The zero-order valence-corrected chi connectivity index (χ0v) is 15.7. The van der Waals surface area contributed by atoms with Crippen molar-refractivity contribution in [1.82, 2.24) is 10.2 Å². The molecule has 0 saturated carbocycles. The second-order valence-electron chi connectivity index (χ2n) is 6.83. The minimum absolute atomic E-state index is 0.202. The topological polar surface area (TPSA) is 58.6 Å². The quantitative estimate of drug-likeness (QED) is 0.842. The van der Waals surface area contributed by atoms with Crippen LogP contribution in [0.3, 0.4) is 0 Å². The maximum Gasteiger partial charge on any atom is 0.410 e. The summed E-state index contributed by atoms with van der Waals surface area (Å²) in [5, 5.41) is 2.77. The first-order chi connectivity index (χ1) is 11.2. The van der Waals surface area contributed by atoms with E-state index in [9.17, 15) is 14.0 Å². The molecule has 1 aliphatic heterocycles. The van der Waals surface area contributed by atoms with Gasteiger partial charge in [-0.15, -0.1) is 0 Å². The van der Waals surface area contributed by atoms with Gasteiger partial charge in [0.15, 0.2) is 0 Å². The Hall–Kier alpha value is -1.63. The van der Waals surface area contributed by atoms with Gasteiger partial charge in [-0.25, -0.2) is 9.18 Å². The van der Waals surface area contributed by atoms with Gasteiger partial charge in [0.2, 0.25) is 5.91 Å². The number of hydrogen-bond acceptors (Lipinski definition) is 3. The van der Waals surface area contributed by atoms with Crippen LogP contribution in [0.15, 0.2) is 22.7 Å². The number of nitrogens with zero attached hydrogens (tertiary/aromatic N) is 1. The summed E-state index contributed by atoms with van der Waals surface area (Å²) >= 11 is 3.22. The lowest BCUT2D eigenvalue weighted by molar-refractivity contribution is -0.125. The van der Waals surface area contributed by atoms with Gasteiger partial charge in [0.1, 0.15) is 17.5 Å². The molecule has 0 aliphatic carbocycles. The summed E-state index contributed by atoms with van der Waals surface area (Å²) in [7, 11) is 0. The third-order valence-electron chi connectivity index (χ3n) is 3.57. The van der Waals surface area contributed by atoms with Gasteiger partial charge in [0.05, 0.1) is 0 Å². The Balaban J connectivity index is 1.96. The van der Waals surface area contributed by atoms with E-state index in [0.29, 0.717) is 23.0 Å². The number of carbonyl (C=O) groups is 2. The fourth-order valence-corrected chi connectivity index (χ4v) is 3.11. The predicted molar refractivity (Wildman–Crippen MR) is 91.9 cm³/mol. The molecular weight excluding hydrogens is 379 g/mol. The first-order valence-electron chi connectivity index (χ1n) is 7.88. The zero-order chi connectivity index (χ0) is 17.9. The zero-order valence-electron chi connectivity index (χ0n) is 14.1. The van der Waals surface area contributed by atoms with E-state index in [2.05, 4.69) is 21.2 Å². The molecule has 1 aromatic rings. The third-order valence-corrected chi connectivity index (χ3v) is 4.03. The molecule has 1 saturated heterocycles. The summed E-state index contributed by atoms with van der Waals surface area (Å²) in [4.78, 5) is 26.1. The molecule has 2 rings (SSSR count). The molecule has 0 spiro atoms. The summed E-state index contributed by atoms with van der Waals surface area (Å²) < 4.78 is 19.3. The van der Waals surface area contributed by atoms with E-state index >= 15 is 0 Å². The van der Waals surface area contributed by atoms with E-state index in [1.54, 1.807) is 26.8 Å². The Labute approximate surface area is 149 Å². The normalized spacial score (nSPS) is 17.7. The summed E-state index contributed by atoms with van der Waals surface area (Å²) in [5.74, 6) is -0.622. The first-order valence-corrected chi connectivity index (χ1v) is 8.67. The van der Waals surface area contributed by atoms with Crippen LogP contribution in [0.2, 0.25) is 0 Å². The van der Waals surface area contributed by atoms with Gasteiger partial charge in [0.25, 0.3) is 0 Å². The smallest absolute Gasteiger partial charge is 0.410 e. The van der Waals surface area contributed by atoms with Crippen molar-refractivity contribution in [3.05, 3.63) is 34.1 Å². The lowest BCUT2D eigenvalue weighted by atomic mass is 10.2. The molecule has 0 aromatic heterocycles. The number of amides is 2. The highest BCUT2D eigenvalue weighted by Gasteiger charge is 2.36. The van der Waals surface area contributed by atoms with E-state index in [0.717, 1.165) is 6.42 Å². The lowest BCUT2D eigenvalue weighted by Gasteiger charge is -2.28. The van der Waals surface area contributed by atoms with Crippen LogP contribution in [0.5, 0.6) is 0 Å². The molecule has 0 radical (unpaired) electrons. The molecular formula is C17H22BrFN2O3. The van der Waals surface area contributed by atoms with Crippen molar-refractivity contribution in [1.29, 1.82) is 0 Å². The fourth-order valence-electron chi connectivity index (χ4n) is 2.60. The van der Waals surface area contributed by atoms with Crippen LogP contribution >= 0.6 is 15.9 Å². The molecule has 1 heterocycles. The van der Waals surface area contributed by atoms with Crippen LogP contribution < -0.4 is 5.32 Å². The molecule has 132 valence electrons. The lowest BCUT2D eigenvalue weighted by Crippen LogP contribution is -2.47. The molecule has 0 unspecified atom stereocenters. The van der Waals surface area contributed by atoms with Gasteiger partial charge >= 0.3 is 6.09 Å². The van der Waals surface area contributed by atoms with Crippen LogP contribution in [0.1, 0.15) is 39.2 Å². The molecule has 1 atom stereocenters. The summed E-state index contributed by atoms with van der Waals surface area (Å²) in [5.41, 5.74) is 0.0474. The summed E-state index contributed by atoms with van der Waals surface area (Å²) in [6.07, 6.45) is 0.870. The summed E-state index contributed by atoms with van der Waals surface area (Å²) in [6.45, 7) is 6.07. The number of nitrogens with one attached hydrogen (secondary N) is 1. The number of carbonyl (C=O) groups excluding carboxylic acids is 2. The van der Waals surface area contributed by atoms with Gasteiger partial charge < -0.3 is 10.1 Å². The molecule has 24 heavy (non-hydrogen) atoms. The summed E-state index contributed by atoms with van der Waals surface area (Å²) in [6, 6.07) is 3.92. The Bertz CT molecular complexity index is 611. The molecule has 1 aliphatic rings. The van der Waals surface area contributed by atoms with E-state index in [1.165, 1.54) is 17.0 Å². The maximum atomic E-state index is 13.4. The largest absolute Gasteiger partial charge is 0.444 e. The predicted octanol–water partition coefficient (Wildman–Crippen LogP) is 3.60. The minimum Gasteiger partial charge on any atom is -0.444 e. The molecule has 2 amide bonds. The van der Waals surface area contributed by atoms with Gasteiger partial charge in [0, 0.05) is 17.6 Å². The van der Waals surface area contributed by atoms with Crippen molar-refractivity contribution >= 4 is 27.9 Å². The number of ether oxygens (including phenoxy) is 1. The molecule has 1 N–H and O–H groups in total. The van der Waals surface area contributed by atoms with Crippen LogP contribution in [-0.2, 0) is 16.1 Å². The Morgan fingerprint density at radius 1 is 1.38 bits per heavy atom. The fraction of sp³-hybridized carbons (Fsp3) is 0.529. The SMILES string of the molecule is CC(C)(C)OC(=O)N1CCC[C@H]1C(=O)NCc1cc(F)cc(Br)c1. The Morgan fingerprint density at radius 3 is 2.71 bits per heavy atom. The second-order valence-corrected chi connectivity index (χ2v) is 7.74. The first kappa shape index (κ1) is 18.7. The number of halogens is 2. The minimum atomic E-state index is -0.603. The van der Waals surface area contributed by atoms with Crippen molar-refractivity contribution in [3.63, 3.8) is 0 Å². The molecule has 1 fully saturated rings. The van der Waals surface area contributed by atoms with E-state index < -0.39 is 17.7 Å². The standard InChI is InChI=1S/C17H22BrFN2O3/c1-17(2,3)24-16(23)21-6-4-5-14(21)15(22)20-10-11-7-12(18)9-13(19)8-11/h7-9,14H,4-6,10H2,1-3H3,(H,20,22)/t14-/m0/s1. The van der Waals surface area contributed by atoms with E-state index in [4.69, 9.17) is 4.74 Å². The number of rotatable bonds is 3. The molecule has 1 aromatic carbocycles. The van der Waals surface area contributed by atoms with Gasteiger partial charge in [-0.1, -0.05) is 15.9 Å². The van der Waals surface area contributed by atoms with Crippen LogP contribution in [0.25, 0.3) is 0 Å². The van der Waals surface area contributed by atoms with Gasteiger partial charge in [-0.05, 0) is 57.4 Å². The average molecular weight is 401 g/mol. The van der Waals surface area contributed by atoms with Crippen LogP contribution in [-0.4, -0.2) is 35.1 Å². The Morgan fingerprint density at radius 2 is 2.08 bits per heavy atom. The van der Waals surface area contributed by atoms with Gasteiger partial charge in [-0.3, -0.25) is 9.69 Å². The third kappa shape index (κ3) is 5.19. The van der Waals surface area contributed by atoms with Crippen LogP contribution in [0.4, 0.5) is 9.18 Å². The van der Waals surface area contributed by atoms with Crippen LogP contribution in [0, 0.1) is 5.82 Å². The maximum absolute atomic E-state index is 13.4. The number of hydrogen-bond donors (Lipinski definition) is 1. The molecule has 0 bridgehead atoms. The molecule has 5 nitrogen and oxygen atoms in total.